The summed E-state index contributed by atoms with van der Waals surface area (Å²) in [5, 5.41) is 0. The molecule has 27 heavy (non-hydrogen) atoms. The second-order valence-corrected chi connectivity index (χ2v) is 9.55. The van der Waals surface area contributed by atoms with Crippen molar-refractivity contribution in [2.45, 2.75) is 43.3 Å². The van der Waals surface area contributed by atoms with E-state index in [1.807, 2.05) is 51.1 Å². The second kappa shape index (κ2) is 9.19. The van der Waals surface area contributed by atoms with Crippen molar-refractivity contribution in [1.29, 1.82) is 0 Å². The number of para-hydroxylation sites is 1. The molecule has 0 N–H and O–H groups in total. The molecule has 1 fully saturated rings. The van der Waals surface area contributed by atoms with E-state index in [-0.39, 0.29) is 5.60 Å². The minimum Gasteiger partial charge on any atom is -0.493 e. The molecule has 0 bridgehead atoms. The fraction of sp³-hybridized carbons (Fsp3) is 0.524. The highest BCUT2D eigenvalue weighted by atomic mass is 127. The van der Waals surface area contributed by atoms with Crippen LogP contribution in [0.2, 0.25) is 0 Å². The average molecular weight is 481 g/mol. The Morgan fingerprint density at radius 3 is 2.59 bits per heavy atom. The van der Waals surface area contributed by atoms with Gasteiger partial charge in [0.15, 0.2) is 0 Å². The number of alkyl halides is 1. The Balaban J connectivity index is 1.54. The van der Waals surface area contributed by atoms with Crippen molar-refractivity contribution < 1.29 is 9.47 Å². The highest BCUT2D eigenvalue weighted by Gasteiger charge is 2.29. The number of hydrogen-bond acceptors (Lipinski definition) is 5. The van der Waals surface area contributed by atoms with Gasteiger partial charge in [-0.05, 0) is 45.9 Å². The summed E-state index contributed by atoms with van der Waals surface area (Å²) in [5.41, 5.74) is 0.633. The average Bonchev–Trinajstić information content (AvgIpc) is 2.62. The third-order valence-corrected chi connectivity index (χ3v) is 5.89. The molecule has 0 radical (unpaired) electrons. The molecule has 1 unspecified atom stereocenters. The van der Waals surface area contributed by atoms with Crippen LogP contribution in [0.4, 0.5) is 0 Å². The molecule has 0 saturated carbocycles. The fourth-order valence-electron chi connectivity index (χ4n) is 3.12. The number of rotatable bonds is 6. The van der Waals surface area contributed by atoms with E-state index in [4.69, 9.17) is 9.47 Å². The lowest BCUT2D eigenvalue weighted by atomic mass is 9.97. The van der Waals surface area contributed by atoms with Gasteiger partial charge < -0.3 is 9.47 Å². The highest BCUT2D eigenvalue weighted by molar-refractivity contribution is 14.1. The third kappa shape index (κ3) is 6.31. The molecule has 146 valence electrons. The molecule has 2 aromatic rings. The number of nitrogens with zero attached hydrogens (tertiary/aromatic N) is 3. The summed E-state index contributed by atoms with van der Waals surface area (Å²) in [6, 6.07) is 10.1. The Kier molecular flexibility index (Phi) is 6.92. The lowest BCUT2D eigenvalue weighted by molar-refractivity contribution is 0.114. The largest absolute Gasteiger partial charge is 0.493 e. The summed E-state index contributed by atoms with van der Waals surface area (Å²) >= 11 is 2.56. The van der Waals surface area contributed by atoms with Gasteiger partial charge in [0.2, 0.25) is 5.88 Å². The van der Waals surface area contributed by atoms with Crippen LogP contribution in [0.3, 0.4) is 0 Å². The summed E-state index contributed by atoms with van der Waals surface area (Å²) in [5.74, 6) is 2.16. The summed E-state index contributed by atoms with van der Waals surface area (Å²) in [6.07, 6.45) is 4.56. The van der Waals surface area contributed by atoms with Crippen molar-refractivity contribution in [2.24, 2.45) is 5.92 Å². The number of piperidine rings is 1. The van der Waals surface area contributed by atoms with Gasteiger partial charge in [-0.3, -0.25) is 9.88 Å². The summed E-state index contributed by atoms with van der Waals surface area (Å²) < 4.78 is 12.5. The predicted molar refractivity (Wildman–Crippen MR) is 116 cm³/mol. The van der Waals surface area contributed by atoms with E-state index in [0.717, 1.165) is 44.1 Å². The van der Waals surface area contributed by atoms with Crippen LogP contribution in [0.5, 0.6) is 11.6 Å². The number of hydrogen-bond donors (Lipinski definition) is 0. The Labute approximate surface area is 175 Å². The minimum atomic E-state index is -0.279. The second-order valence-electron chi connectivity index (χ2n) is 7.95. The molecule has 1 saturated heterocycles. The molecule has 1 aliphatic heterocycles. The summed E-state index contributed by atoms with van der Waals surface area (Å²) in [6.45, 7) is 9.70. The summed E-state index contributed by atoms with van der Waals surface area (Å²) in [7, 11) is 0. The van der Waals surface area contributed by atoms with Crippen LogP contribution < -0.4 is 9.47 Å². The predicted octanol–water partition coefficient (Wildman–Crippen LogP) is 4.36. The lowest BCUT2D eigenvalue weighted by Crippen LogP contribution is -2.42. The van der Waals surface area contributed by atoms with Crippen LogP contribution >= 0.6 is 22.6 Å². The number of aromatic nitrogens is 2. The van der Waals surface area contributed by atoms with Gasteiger partial charge in [-0.15, -0.1) is 0 Å². The zero-order valence-electron chi connectivity index (χ0n) is 16.3. The van der Waals surface area contributed by atoms with E-state index < -0.39 is 0 Å². The zero-order valence-corrected chi connectivity index (χ0v) is 18.4. The maximum absolute atomic E-state index is 5.99. The van der Waals surface area contributed by atoms with Crippen molar-refractivity contribution in [3.8, 4) is 11.6 Å². The van der Waals surface area contributed by atoms with Gasteiger partial charge in [0, 0.05) is 35.3 Å². The lowest BCUT2D eigenvalue weighted by Gasteiger charge is -2.35. The molecule has 0 spiro atoms. The molecule has 0 amide bonds. The first-order chi connectivity index (χ1) is 12.9. The van der Waals surface area contributed by atoms with Crippen molar-refractivity contribution in [3.63, 3.8) is 0 Å². The quantitative estimate of drug-likeness (QED) is 0.454. The molecule has 0 aliphatic carbocycles. The van der Waals surface area contributed by atoms with E-state index in [1.54, 1.807) is 12.4 Å². The summed E-state index contributed by atoms with van der Waals surface area (Å²) in [4.78, 5) is 11.4. The van der Waals surface area contributed by atoms with E-state index in [1.165, 1.54) is 0 Å². The monoisotopic (exact) mass is 481 g/mol. The van der Waals surface area contributed by atoms with Crippen LogP contribution in [0.1, 0.15) is 32.9 Å². The van der Waals surface area contributed by atoms with E-state index in [2.05, 4.69) is 37.5 Å². The van der Waals surface area contributed by atoms with Gasteiger partial charge in [0.05, 0.1) is 6.61 Å². The van der Waals surface area contributed by atoms with Crippen molar-refractivity contribution in [2.75, 3.05) is 19.7 Å². The van der Waals surface area contributed by atoms with Gasteiger partial charge in [0.25, 0.3) is 0 Å². The van der Waals surface area contributed by atoms with Gasteiger partial charge in [-0.2, -0.15) is 0 Å². The molecule has 3 rings (SSSR count). The first-order valence-corrected chi connectivity index (χ1v) is 10.7. The van der Waals surface area contributed by atoms with Crippen molar-refractivity contribution in [1.82, 2.24) is 14.9 Å². The van der Waals surface area contributed by atoms with Crippen molar-refractivity contribution >= 4 is 22.6 Å². The standard InChI is InChI=1S/C21H28IN3O2/c1-21(2,3)27-20-19(23-10-11-24-20)14-25-12-9-16(18(22)13-25)15-26-17-7-5-4-6-8-17/h4-8,10-11,16,18H,9,12-15H2,1-3H3/t16?,18-/m1/s1. The van der Waals surface area contributed by atoms with Crippen LogP contribution in [0.25, 0.3) is 0 Å². The maximum Gasteiger partial charge on any atom is 0.237 e. The maximum atomic E-state index is 5.99. The van der Waals surface area contributed by atoms with E-state index >= 15 is 0 Å². The minimum absolute atomic E-state index is 0.279. The van der Waals surface area contributed by atoms with E-state index in [9.17, 15) is 0 Å². The Morgan fingerprint density at radius 1 is 1.15 bits per heavy atom. The Morgan fingerprint density at radius 2 is 1.89 bits per heavy atom. The van der Waals surface area contributed by atoms with Gasteiger partial charge in [-0.25, -0.2) is 4.98 Å². The van der Waals surface area contributed by atoms with Crippen LogP contribution in [-0.4, -0.2) is 44.1 Å². The smallest absolute Gasteiger partial charge is 0.237 e. The molecule has 1 aromatic heterocycles. The first kappa shape index (κ1) is 20.3. The number of halogens is 1. The molecule has 6 heteroatoms. The van der Waals surface area contributed by atoms with Crippen LogP contribution in [0, 0.1) is 5.92 Å². The molecule has 2 atom stereocenters. The first-order valence-electron chi connectivity index (χ1n) is 9.44. The van der Waals surface area contributed by atoms with Crippen LogP contribution in [0.15, 0.2) is 42.7 Å². The molecular weight excluding hydrogens is 453 g/mol. The molecular formula is C21H28IN3O2. The SMILES string of the molecule is CC(C)(C)Oc1nccnc1CN1CCC(COc2ccccc2)[C@H](I)C1. The normalized spacial score (nSPS) is 21.0. The Hall–Kier alpha value is -1.41. The molecule has 5 nitrogen and oxygen atoms in total. The van der Waals surface area contributed by atoms with Crippen molar-refractivity contribution in [3.05, 3.63) is 48.4 Å². The van der Waals surface area contributed by atoms with E-state index in [0.29, 0.717) is 15.7 Å². The topological polar surface area (TPSA) is 47.5 Å². The third-order valence-electron chi connectivity index (χ3n) is 4.48. The highest BCUT2D eigenvalue weighted by Crippen LogP contribution is 2.28. The number of ether oxygens (including phenoxy) is 2. The molecule has 2 heterocycles. The number of likely N-dealkylation sites (tertiary alicyclic amines) is 1. The fourth-order valence-corrected chi connectivity index (χ4v) is 4.24. The Bertz CT molecular complexity index is 721. The molecule has 1 aliphatic rings. The van der Waals surface area contributed by atoms with Gasteiger partial charge in [-0.1, -0.05) is 40.8 Å². The molecule has 1 aromatic carbocycles. The number of benzene rings is 1. The van der Waals surface area contributed by atoms with Gasteiger partial charge >= 0.3 is 0 Å². The zero-order chi connectivity index (χ0) is 19.3. The van der Waals surface area contributed by atoms with Crippen LogP contribution in [-0.2, 0) is 6.54 Å². The van der Waals surface area contributed by atoms with Gasteiger partial charge in [0.1, 0.15) is 17.0 Å².